The highest BCUT2D eigenvalue weighted by Gasteiger charge is 2.23. The van der Waals surface area contributed by atoms with Gasteiger partial charge in [0.1, 0.15) is 0 Å². The normalized spacial score (nSPS) is 14.8. The molecule has 0 radical (unpaired) electrons. The molecule has 0 spiro atoms. The molecule has 0 aliphatic carbocycles. The number of carbonyl (C=O) groups excluding carboxylic acids is 1. The van der Waals surface area contributed by atoms with Crippen molar-refractivity contribution >= 4 is 24.0 Å². The molecule has 8 heteroatoms. The van der Waals surface area contributed by atoms with Crippen LogP contribution in [0.15, 0.2) is 24.3 Å². The molecule has 7 nitrogen and oxygen atoms in total. The van der Waals surface area contributed by atoms with E-state index in [1.807, 2.05) is 49.7 Å². The first kappa shape index (κ1) is 21.3. The second-order valence-corrected chi connectivity index (χ2v) is 6.96. The van der Waals surface area contributed by atoms with Crippen LogP contribution < -0.4 is 10.6 Å². The quantitative estimate of drug-likeness (QED) is 0.788. The molecule has 1 aromatic carbocycles. The molecule has 1 amide bonds. The summed E-state index contributed by atoms with van der Waals surface area (Å²) in [5.74, 6) is -0.232. The van der Waals surface area contributed by atoms with Gasteiger partial charge in [-0.2, -0.15) is 0 Å². The predicted molar refractivity (Wildman–Crippen MR) is 107 cm³/mol. The van der Waals surface area contributed by atoms with Gasteiger partial charge in [0.25, 0.3) is 5.91 Å². The fourth-order valence-electron chi connectivity index (χ4n) is 3.14. The number of nitrogens with one attached hydrogen (secondary N) is 2. The summed E-state index contributed by atoms with van der Waals surface area (Å²) in [6, 6.07) is 7.99. The van der Waals surface area contributed by atoms with Gasteiger partial charge in [-0.3, -0.25) is 4.79 Å². The fraction of sp³-hybridized carbons (Fsp3) is 0.526. The Labute approximate surface area is 166 Å². The molecular weight excluding hydrogens is 366 g/mol. The topological polar surface area (TPSA) is 81.1 Å². The van der Waals surface area contributed by atoms with Crippen molar-refractivity contribution in [2.24, 2.45) is 0 Å². The van der Waals surface area contributed by atoms with Crippen LogP contribution in [-0.4, -0.2) is 40.1 Å². The number of carbonyl (C=O) groups is 1. The van der Waals surface area contributed by atoms with Crippen molar-refractivity contribution in [2.45, 2.75) is 52.4 Å². The molecule has 0 saturated carbocycles. The molecule has 2 heterocycles. The Bertz CT molecular complexity index is 756. The molecule has 1 saturated heterocycles. The van der Waals surface area contributed by atoms with Crippen LogP contribution in [0.4, 0.5) is 5.69 Å². The Morgan fingerprint density at radius 3 is 2.81 bits per heavy atom. The van der Waals surface area contributed by atoms with Crippen LogP contribution in [0.3, 0.4) is 0 Å². The Balaban J connectivity index is 0.00000261. The van der Waals surface area contributed by atoms with E-state index in [2.05, 4.69) is 20.9 Å². The van der Waals surface area contributed by atoms with Gasteiger partial charge in [-0.1, -0.05) is 17.3 Å². The average molecular weight is 394 g/mol. The van der Waals surface area contributed by atoms with E-state index in [0.29, 0.717) is 18.3 Å². The highest BCUT2D eigenvalue weighted by atomic mass is 35.5. The Morgan fingerprint density at radius 2 is 2.11 bits per heavy atom. The van der Waals surface area contributed by atoms with Gasteiger partial charge >= 0.3 is 0 Å². The number of amides is 1. The summed E-state index contributed by atoms with van der Waals surface area (Å²) in [6.45, 7) is 8.36. The number of rotatable bonds is 6. The molecule has 1 aromatic heterocycles. The Kier molecular flexibility index (Phi) is 7.77. The van der Waals surface area contributed by atoms with E-state index in [1.54, 1.807) is 0 Å². The van der Waals surface area contributed by atoms with Gasteiger partial charge < -0.3 is 15.4 Å². The minimum absolute atomic E-state index is 0. The van der Waals surface area contributed by atoms with Crippen molar-refractivity contribution in [3.05, 3.63) is 41.2 Å². The van der Waals surface area contributed by atoms with Gasteiger partial charge in [0, 0.05) is 5.69 Å². The molecule has 0 unspecified atom stereocenters. The monoisotopic (exact) mass is 393 g/mol. The van der Waals surface area contributed by atoms with Gasteiger partial charge in [0.2, 0.25) is 0 Å². The van der Waals surface area contributed by atoms with Crippen LogP contribution in [0, 0.1) is 6.92 Å². The van der Waals surface area contributed by atoms with Crippen LogP contribution >= 0.6 is 12.4 Å². The summed E-state index contributed by atoms with van der Waals surface area (Å²) >= 11 is 0. The number of hydrogen-bond acceptors (Lipinski definition) is 5. The van der Waals surface area contributed by atoms with Crippen LogP contribution in [-0.2, 0) is 11.3 Å². The number of hydrogen-bond donors (Lipinski definition) is 2. The zero-order valence-electron chi connectivity index (χ0n) is 16.1. The Hall–Kier alpha value is -1.96. The van der Waals surface area contributed by atoms with E-state index < -0.39 is 0 Å². The summed E-state index contributed by atoms with van der Waals surface area (Å²) in [6.07, 6.45) is 2.17. The lowest BCUT2D eigenvalue weighted by Crippen LogP contribution is -2.30. The lowest BCUT2D eigenvalue weighted by atomic mass is 10.1. The van der Waals surface area contributed by atoms with Crippen LogP contribution in [0.1, 0.15) is 54.5 Å². The maximum Gasteiger partial charge on any atom is 0.278 e. The number of benzene rings is 1. The molecule has 1 aliphatic rings. The number of anilines is 1. The first-order valence-corrected chi connectivity index (χ1v) is 9.19. The summed E-state index contributed by atoms with van der Waals surface area (Å²) in [5, 5.41) is 14.6. The first-order valence-electron chi connectivity index (χ1n) is 9.19. The minimum atomic E-state index is -0.232. The average Bonchev–Trinajstić information content (AvgIpc) is 3.02. The predicted octanol–water partition coefficient (Wildman–Crippen LogP) is 3.11. The van der Waals surface area contributed by atoms with Crippen LogP contribution in [0.5, 0.6) is 0 Å². The molecule has 3 rings (SSSR count). The third-order valence-corrected chi connectivity index (χ3v) is 4.57. The van der Waals surface area contributed by atoms with Crippen molar-refractivity contribution in [3.63, 3.8) is 0 Å². The number of ether oxygens (including phenoxy) is 1. The zero-order valence-corrected chi connectivity index (χ0v) is 16.9. The van der Waals surface area contributed by atoms with Gasteiger partial charge in [0.05, 0.1) is 24.4 Å². The SMILES string of the molecule is Cc1c(C(=O)Nc2cccc(COC(C)C)c2)nnn1C1CCNCC1.Cl. The lowest BCUT2D eigenvalue weighted by molar-refractivity contribution is 0.0657. The van der Waals surface area contributed by atoms with Crippen molar-refractivity contribution in [3.8, 4) is 0 Å². The van der Waals surface area contributed by atoms with Crippen molar-refractivity contribution in [1.29, 1.82) is 0 Å². The van der Waals surface area contributed by atoms with Gasteiger partial charge in [-0.05, 0) is 64.4 Å². The molecule has 2 N–H and O–H groups in total. The molecule has 0 bridgehead atoms. The van der Waals surface area contributed by atoms with Crippen molar-refractivity contribution in [1.82, 2.24) is 20.3 Å². The van der Waals surface area contributed by atoms with Gasteiger partial charge in [0.15, 0.2) is 5.69 Å². The Morgan fingerprint density at radius 1 is 1.37 bits per heavy atom. The molecule has 27 heavy (non-hydrogen) atoms. The van der Waals surface area contributed by atoms with E-state index >= 15 is 0 Å². The summed E-state index contributed by atoms with van der Waals surface area (Å²) in [5.41, 5.74) is 2.95. The van der Waals surface area contributed by atoms with Gasteiger partial charge in [-0.15, -0.1) is 17.5 Å². The van der Waals surface area contributed by atoms with E-state index in [4.69, 9.17) is 4.74 Å². The van der Waals surface area contributed by atoms with E-state index in [1.165, 1.54) is 0 Å². The minimum Gasteiger partial charge on any atom is -0.374 e. The highest BCUT2D eigenvalue weighted by Crippen LogP contribution is 2.21. The smallest absolute Gasteiger partial charge is 0.278 e. The maximum atomic E-state index is 12.6. The number of aromatic nitrogens is 3. The zero-order chi connectivity index (χ0) is 18.5. The summed E-state index contributed by atoms with van der Waals surface area (Å²) in [7, 11) is 0. The number of nitrogens with zero attached hydrogens (tertiary/aromatic N) is 3. The van der Waals surface area contributed by atoms with Crippen LogP contribution in [0.2, 0.25) is 0 Å². The molecular formula is C19H28ClN5O2. The number of halogens is 1. The van der Waals surface area contributed by atoms with E-state index in [0.717, 1.165) is 42.9 Å². The second kappa shape index (κ2) is 9.82. The second-order valence-electron chi connectivity index (χ2n) is 6.96. The summed E-state index contributed by atoms with van der Waals surface area (Å²) in [4.78, 5) is 12.6. The molecule has 0 atom stereocenters. The first-order chi connectivity index (χ1) is 12.5. The number of piperidine rings is 1. The lowest BCUT2D eigenvalue weighted by Gasteiger charge is -2.23. The molecule has 1 fully saturated rings. The third kappa shape index (κ3) is 5.51. The van der Waals surface area contributed by atoms with E-state index in [-0.39, 0.29) is 24.4 Å². The molecule has 1 aliphatic heterocycles. The highest BCUT2D eigenvalue weighted by molar-refractivity contribution is 6.03. The fourth-order valence-corrected chi connectivity index (χ4v) is 3.14. The van der Waals surface area contributed by atoms with Crippen molar-refractivity contribution < 1.29 is 9.53 Å². The summed E-state index contributed by atoms with van der Waals surface area (Å²) < 4.78 is 7.51. The molecule has 148 valence electrons. The van der Waals surface area contributed by atoms with Gasteiger partial charge in [-0.25, -0.2) is 4.68 Å². The third-order valence-electron chi connectivity index (χ3n) is 4.57. The largest absolute Gasteiger partial charge is 0.374 e. The maximum absolute atomic E-state index is 12.6. The molecule has 2 aromatic rings. The van der Waals surface area contributed by atoms with E-state index in [9.17, 15) is 4.79 Å². The van der Waals surface area contributed by atoms with Crippen LogP contribution in [0.25, 0.3) is 0 Å². The standard InChI is InChI=1S/C19H27N5O2.ClH/c1-13(2)26-12-15-5-4-6-16(11-15)21-19(25)18-14(3)24(23-22-18)17-7-9-20-10-8-17;/h4-6,11,13,17,20H,7-10,12H2,1-3H3,(H,21,25);1H. The van der Waals surface area contributed by atoms with Crippen molar-refractivity contribution in [2.75, 3.05) is 18.4 Å².